The van der Waals surface area contributed by atoms with Crippen molar-refractivity contribution < 1.29 is 4.42 Å². The molecule has 0 fully saturated rings. The van der Waals surface area contributed by atoms with Crippen LogP contribution in [-0.4, -0.2) is 9.38 Å². The Bertz CT molecular complexity index is 1380. The molecule has 0 saturated heterocycles. The number of imidazole rings is 1. The van der Waals surface area contributed by atoms with Crippen molar-refractivity contribution in [1.82, 2.24) is 9.38 Å². The Balaban J connectivity index is 1.51. The molecule has 4 nitrogen and oxygen atoms in total. The van der Waals surface area contributed by atoms with E-state index in [9.17, 15) is 4.79 Å². The summed E-state index contributed by atoms with van der Waals surface area (Å²) in [5.74, 6) is 0.636. The lowest BCUT2D eigenvalue weighted by Gasteiger charge is -1.97. The number of halogens is 1. The van der Waals surface area contributed by atoms with Crippen LogP contribution in [0.2, 0.25) is 5.02 Å². The standard InChI is InChI=1S/C20H11ClN2O2S2/c21-12-5-8-14(9-6-12)26-18-10-7-13(25-18)11-17-19(24)23-16-4-2-1-3-15(16)22-20(23)27-17/h1-11H/b17-11+. The molecule has 2 aromatic carbocycles. The van der Waals surface area contributed by atoms with Crippen LogP contribution in [0.5, 0.6) is 0 Å². The first kappa shape index (κ1) is 16.6. The van der Waals surface area contributed by atoms with Gasteiger partial charge in [-0.15, -0.1) is 0 Å². The van der Waals surface area contributed by atoms with Gasteiger partial charge in [0.2, 0.25) is 0 Å². The number of benzene rings is 2. The molecule has 5 rings (SSSR count). The van der Waals surface area contributed by atoms with Gasteiger partial charge in [-0.2, -0.15) is 0 Å². The highest BCUT2D eigenvalue weighted by Gasteiger charge is 2.11. The minimum atomic E-state index is -0.0768. The lowest BCUT2D eigenvalue weighted by Crippen LogP contribution is -2.22. The minimum absolute atomic E-state index is 0.0768. The van der Waals surface area contributed by atoms with Gasteiger partial charge in [0.1, 0.15) is 10.3 Å². The Kier molecular flexibility index (Phi) is 4.04. The van der Waals surface area contributed by atoms with Gasteiger partial charge in [0.25, 0.3) is 5.56 Å². The molecule has 3 aromatic heterocycles. The van der Waals surface area contributed by atoms with Crippen LogP contribution in [-0.2, 0) is 0 Å². The molecular weight excluding hydrogens is 400 g/mol. The topological polar surface area (TPSA) is 47.5 Å². The highest BCUT2D eigenvalue weighted by molar-refractivity contribution is 7.99. The largest absolute Gasteiger partial charge is 0.450 e. The van der Waals surface area contributed by atoms with E-state index in [1.54, 1.807) is 10.5 Å². The molecule has 0 radical (unpaired) electrons. The van der Waals surface area contributed by atoms with Crippen molar-refractivity contribution in [3.8, 4) is 0 Å². The molecule has 0 atom stereocenters. The van der Waals surface area contributed by atoms with Crippen LogP contribution in [0.25, 0.3) is 22.1 Å². The molecule has 0 unspecified atom stereocenters. The molecule has 7 heteroatoms. The Hall–Kier alpha value is -2.54. The van der Waals surface area contributed by atoms with E-state index >= 15 is 0 Å². The first-order valence-electron chi connectivity index (χ1n) is 8.12. The van der Waals surface area contributed by atoms with E-state index in [4.69, 9.17) is 16.0 Å². The van der Waals surface area contributed by atoms with Crippen molar-refractivity contribution in [1.29, 1.82) is 0 Å². The zero-order chi connectivity index (χ0) is 18.4. The van der Waals surface area contributed by atoms with Crippen LogP contribution in [0.15, 0.2) is 79.9 Å². The van der Waals surface area contributed by atoms with E-state index in [0.717, 1.165) is 21.0 Å². The molecule has 132 valence electrons. The van der Waals surface area contributed by atoms with Gasteiger partial charge < -0.3 is 4.42 Å². The fourth-order valence-corrected chi connectivity index (χ4v) is 4.70. The van der Waals surface area contributed by atoms with Gasteiger partial charge in [-0.05, 0) is 48.5 Å². The van der Waals surface area contributed by atoms with Gasteiger partial charge in [-0.25, -0.2) is 9.38 Å². The SMILES string of the molecule is O=c1/c(=C\c2ccc(Sc3ccc(Cl)cc3)o2)sc2nc3ccccc3n12. The molecule has 0 spiro atoms. The van der Waals surface area contributed by atoms with Crippen molar-refractivity contribution in [3.63, 3.8) is 0 Å². The Labute approximate surface area is 166 Å². The molecule has 5 aromatic rings. The summed E-state index contributed by atoms with van der Waals surface area (Å²) in [5.41, 5.74) is 1.57. The zero-order valence-corrected chi connectivity index (χ0v) is 16.1. The number of hydrogen-bond donors (Lipinski definition) is 0. The number of thiazole rings is 1. The summed E-state index contributed by atoms with van der Waals surface area (Å²) in [6, 6.07) is 18.9. The summed E-state index contributed by atoms with van der Waals surface area (Å²) in [6.45, 7) is 0. The average Bonchev–Trinajstić information content (AvgIpc) is 3.33. The van der Waals surface area contributed by atoms with Gasteiger partial charge in [0, 0.05) is 16.0 Å². The molecular formula is C20H11ClN2O2S2. The number of para-hydroxylation sites is 2. The van der Waals surface area contributed by atoms with Crippen LogP contribution in [0.1, 0.15) is 5.76 Å². The van der Waals surface area contributed by atoms with Crippen molar-refractivity contribution >= 4 is 56.8 Å². The van der Waals surface area contributed by atoms with Crippen molar-refractivity contribution in [2.75, 3.05) is 0 Å². The fourth-order valence-electron chi connectivity index (χ4n) is 2.83. The first-order chi connectivity index (χ1) is 13.2. The second-order valence-corrected chi connectivity index (χ2v) is 8.37. The Morgan fingerprint density at radius 1 is 1.07 bits per heavy atom. The van der Waals surface area contributed by atoms with Gasteiger partial charge in [-0.3, -0.25) is 4.79 Å². The molecule has 0 bridgehead atoms. The molecule has 3 heterocycles. The second-order valence-electron chi connectivity index (χ2n) is 5.85. The number of nitrogens with zero attached hydrogens (tertiary/aromatic N) is 2. The molecule has 27 heavy (non-hydrogen) atoms. The van der Waals surface area contributed by atoms with Crippen molar-refractivity contribution in [2.24, 2.45) is 0 Å². The summed E-state index contributed by atoms with van der Waals surface area (Å²) >= 11 is 8.78. The summed E-state index contributed by atoms with van der Waals surface area (Å²) in [7, 11) is 0. The summed E-state index contributed by atoms with van der Waals surface area (Å²) in [4.78, 5) is 19.0. The predicted molar refractivity (Wildman–Crippen MR) is 110 cm³/mol. The highest BCUT2D eigenvalue weighted by atomic mass is 35.5. The van der Waals surface area contributed by atoms with Crippen LogP contribution >= 0.6 is 34.7 Å². The number of furan rings is 1. The minimum Gasteiger partial charge on any atom is -0.450 e. The van der Waals surface area contributed by atoms with Crippen LogP contribution in [0, 0.1) is 0 Å². The zero-order valence-electron chi connectivity index (χ0n) is 13.8. The third-order valence-corrected chi connectivity index (χ3v) is 6.20. The average molecular weight is 411 g/mol. The predicted octanol–water partition coefficient (Wildman–Crippen LogP) is 4.85. The van der Waals surface area contributed by atoms with E-state index in [1.165, 1.54) is 23.1 Å². The molecule has 0 amide bonds. The molecule has 0 N–H and O–H groups in total. The number of fused-ring (bicyclic) bond motifs is 3. The lowest BCUT2D eigenvalue weighted by molar-refractivity contribution is 0.466. The summed E-state index contributed by atoms with van der Waals surface area (Å²) in [6.07, 6.45) is 1.77. The van der Waals surface area contributed by atoms with Crippen LogP contribution in [0.4, 0.5) is 0 Å². The highest BCUT2D eigenvalue weighted by Crippen LogP contribution is 2.30. The maximum Gasteiger partial charge on any atom is 0.275 e. The number of aromatic nitrogens is 2. The van der Waals surface area contributed by atoms with E-state index in [0.29, 0.717) is 20.3 Å². The van der Waals surface area contributed by atoms with Crippen molar-refractivity contribution in [3.05, 3.63) is 86.3 Å². The number of hydrogen-bond acceptors (Lipinski definition) is 5. The quantitative estimate of drug-likeness (QED) is 0.426. The first-order valence-corrected chi connectivity index (χ1v) is 10.1. The monoisotopic (exact) mass is 410 g/mol. The van der Waals surface area contributed by atoms with Gasteiger partial charge in [0.05, 0.1) is 11.0 Å². The summed E-state index contributed by atoms with van der Waals surface area (Å²) in [5, 5.41) is 1.45. The molecule has 0 aliphatic rings. The Morgan fingerprint density at radius 3 is 2.74 bits per heavy atom. The third kappa shape index (κ3) is 3.06. The van der Waals surface area contributed by atoms with E-state index in [1.807, 2.05) is 60.7 Å². The smallest absolute Gasteiger partial charge is 0.275 e. The van der Waals surface area contributed by atoms with E-state index in [-0.39, 0.29) is 5.56 Å². The maximum atomic E-state index is 12.8. The normalized spacial score (nSPS) is 12.4. The maximum absolute atomic E-state index is 12.8. The second kappa shape index (κ2) is 6.56. The molecule has 0 saturated carbocycles. The van der Waals surface area contributed by atoms with Crippen molar-refractivity contribution in [2.45, 2.75) is 9.99 Å². The van der Waals surface area contributed by atoms with Gasteiger partial charge in [-0.1, -0.05) is 46.8 Å². The van der Waals surface area contributed by atoms with Gasteiger partial charge >= 0.3 is 0 Å². The molecule has 0 aliphatic carbocycles. The third-order valence-electron chi connectivity index (χ3n) is 4.05. The number of rotatable bonds is 3. The Morgan fingerprint density at radius 2 is 1.89 bits per heavy atom. The van der Waals surface area contributed by atoms with E-state index in [2.05, 4.69) is 4.98 Å². The van der Waals surface area contributed by atoms with Gasteiger partial charge in [0.15, 0.2) is 10.1 Å². The summed E-state index contributed by atoms with van der Waals surface area (Å²) < 4.78 is 8.10. The van der Waals surface area contributed by atoms with Crippen LogP contribution in [0.3, 0.4) is 0 Å². The molecule has 0 aliphatic heterocycles. The van der Waals surface area contributed by atoms with E-state index < -0.39 is 0 Å². The lowest BCUT2D eigenvalue weighted by atomic mass is 10.3. The fraction of sp³-hybridized carbons (Fsp3) is 0. The van der Waals surface area contributed by atoms with Crippen LogP contribution < -0.4 is 10.1 Å².